The molecule has 0 spiro atoms. The Kier molecular flexibility index (Phi) is 10.4. The average molecular weight is 406 g/mol. The van der Waals surface area contributed by atoms with Crippen molar-refractivity contribution in [2.75, 3.05) is 19.6 Å². The summed E-state index contributed by atoms with van der Waals surface area (Å²) in [7, 11) is -3.61. The Morgan fingerprint density at radius 1 is 1.23 bits per heavy atom. The van der Waals surface area contributed by atoms with E-state index in [1.54, 1.807) is 32.9 Å². The maximum atomic E-state index is 12.8. The molecule has 3 N–H and O–H groups in total. The highest BCUT2D eigenvalue weighted by Gasteiger charge is 2.25. The van der Waals surface area contributed by atoms with Gasteiger partial charge in [0.05, 0.1) is 4.90 Å². The van der Waals surface area contributed by atoms with Gasteiger partial charge in [0.1, 0.15) is 0 Å². The molecule has 0 saturated carbocycles. The molecule has 8 heteroatoms. The van der Waals surface area contributed by atoms with E-state index in [1.165, 1.54) is 10.4 Å². The van der Waals surface area contributed by atoms with Crippen LogP contribution < -0.4 is 11.1 Å². The van der Waals surface area contributed by atoms with Gasteiger partial charge in [0, 0.05) is 31.2 Å². The zero-order chi connectivity index (χ0) is 19.2. The maximum Gasteiger partial charge on any atom is 0.251 e. The Balaban J connectivity index is 0.00000625. The molecule has 1 aromatic carbocycles. The molecule has 0 saturated heterocycles. The van der Waals surface area contributed by atoms with Gasteiger partial charge in [-0.05, 0) is 37.0 Å². The third-order valence-electron chi connectivity index (χ3n) is 4.15. The summed E-state index contributed by atoms with van der Waals surface area (Å²) in [4.78, 5) is 12.7. The number of nitrogens with zero attached hydrogens (tertiary/aromatic N) is 1. The largest absolute Gasteiger partial charge is 0.348 e. The number of hydrogen-bond donors (Lipinski definition) is 2. The number of nitrogens with one attached hydrogen (secondary N) is 1. The van der Waals surface area contributed by atoms with E-state index >= 15 is 0 Å². The summed E-state index contributed by atoms with van der Waals surface area (Å²) in [6.07, 6.45) is 0.776. The molecule has 0 aliphatic heterocycles. The van der Waals surface area contributed by atoms with E-state index in [2.05, 4.69) is 19.2 Å². The molecule has 26 heavy (non-hydrogen) atoms. The van der Waals surface area contributed by atoms with Gasteiger partial charge in [-0.2, -0.15) is 4.31 Å². The molecule has 0 heterocycles. The molecule has 1 aromatic rings. The van der Waals surface area contributed by atoms with Gasteiger partial charge < -0.3 is 11.1 Å². The summed E-state index contributed by atoms with van der Waals surface area (Å²) >= 11 is 0. The summed E-state index contributed by atoms with van der Waals surface area (Å²) in [6, 6.07) is 4.65. The van der Waals surface area contributed by atoms with E-state index < -0.39 is 10.0 Å². The topological polar surface area (TPSA) is 92.5 Å². The SMILES string of the molecule is CCN(CC)S(=O)(=O)c1cc(C(=O)NC(CN)CC(C)C)ccc1C.Cl. The molecule has 0 aliphatic rings. The maximum absolute atomic E-state index is 12.8. The van der Waals surface area contributed by atoms with E-state index in [1.807, 2.05) is 0 Å². The second kappa shape index (κ2) is 10.9. The Morgan fingerprint density at radius 2 is 1.81 bits per heavy atom. The van der Waals surface area contributed by atoms with Crippen LogP contribution in [0.2, 0.25) is 0 Å². The lowest BCUT2D eigenvalue weighted by molar-refractivity contribution is 0.0933. The van der Waals surface area contributed by atoms with Crippen LogP contribution in [0.4, 0.5) is 0 Å². The molecule has 1 atom stereocenters. The van der Waals surface area contributed by atoms with Crippen LogP contribution in [0.1, 0.15) is 50.0 Å². The molecule has 1 unspecified atom stereocenters. The molecule has 0 fully saturated rings. The van der Waals surface area contributed by atoms with Crippen LogP contribution in [-0.4, -0.2) is 44.3 Å². The minimum Gasteiger partial charge on any atom is -0.348 e. The molecule has 1 amide bonds. The second-order valence-corrected chi connectivity index (χ2v) is 8.51. The summed E-state index contributed by atoms with van der Waals surface area (Å²) in [5, 5.41) is 2.90. The minimum atomic E-state index is -3.61. The third-order valence-corrected chi connectivity index (χ3v) is 6.34. The van der Waals surface area contributed by atoms with Gasteiger partial charge in [-0.15, -0.1) is 12.4 Å². The Hall–Kier alpha value is -1.15. The lowest BCUT2D eigenvalue weighted by Crippen LogP contribution is -2.41. The Morgan fingerprint density at radius 3 is 2.27 bits per heavy atom. The van der Waals surface area contributed by atoms with Crippen molar-refractivity contribution in [1.29, 1.82) is 0 Å². The minimum absolute atomic E-state index is 0. The number of amides is 1. The smallest absolute Gasteiger partial charge is 0.251 e. The van der Waals surface area contributed by atoms with Crippen LogP contribution in [0, 0.1) is 12.8 Å². The van der Waals surface area contributed by atoms with Crippen LogP contribution in [-0.2, 0) is 10.0 Å². The normalized spacial score (nSPS) is 12.8. The van der Waals surface area contributed by atoms with Crippen molar-refractivity contribution in [1.82, 2.24) is 9.62 Å². The zero-order valence-electron chi connectivity index (χ0n) is 16.3. The fourth-order valence-electron chi connectivity index (χ4n) is 2.77. The summed E-state index contributed by atoms with van der Waals surface area (Å²) in [6.45, 7) is 10.6. The van der Waals surface area contributed by atoms with E-state index in [0.717, 1.165) is 6.42 Å². The van der Waals surface area contributed by atoms with E-state index in [9.17, 15) is 13.2 Å². The van der Waals surface area contributed by atoms with Crippen molar-refractivity contribution in [2.24, 2.45) is 11.7 Å². The Labute approximate surface area is 164 Å². The average Bonchev–Trinajstić information content (AvgIpc) is 2.54. The van der Waals surface area contributed by atoms with Gasteiger partial charge in [0.2, 0.25) is 10.0 Å². The molecular formula is C18H32ClN3O3S. The predicted octanol–water partition coefficient (Wildman–Crippen LogP) is 2.55. The fraction of sp³-hybridized carbons (Fsp3) is 0.611. The number of sulfonamides is 1. The van der Waals surface area contributed by atoms with Crippen LogP contribution >= 0.6 is 12.4 Å². The van der Waals surface area contributed by atoms with Crippen molar-refractivity contribution in [3.63, 3.8) is 0 Å². The number of carbonyl (C=O) groups excluding carboxylic acids is 1. The van der Waals surface area contributed by atoms with Gasteiger partial charge in [-0.3, -0.25) is 4.79 Å². The number of hydrogen-bond acceptors (Lipinski definition) is 4. The van der Waals surface area contributed by atoms with Crippen LogP contribution in [0.3, 0.4) is 0 Å². The first-order chi connectivity index (χ1) is 11.7. The lowest BCUT2D eigenvalue weighted by Gasteiger charge is -2.21. The van der Waals surface area contributed by atoms with Gasteiger partial charge in [-0.25, -0.2) is 8.42 Å². The second-order valence-electron chi connectivity index (χ2n) is 6.61. The standard InChI is InChI=1S/C18H31N3O3S.ClH/c1-6-21(7-2)25(23,24)17-11-15(9-8-14(17)5)18(22)20-16(12-19)10-13(3)4;/h8-9,11,13,16H,6-7,10,12,19H2,1-5H3,(H,20,22);1H. The van der Waals surface area contributed by atoms with Gasteiger partial charge in [0.25, 0.3) is 5.91 Å². The number of aryl methyl sites for hydroxylation is 1. The van der Waals surface area contributed by atoms with Crippen molar-refractivity contribution < 1.29 is 13.2 Å². The summed E-state index contributed by atoms with van der Waals surface area (Å²) < 4.78 is 27.0. The monoisotopic (exact) mass is 405 g/mol. The predicted molar refractivity (Wildman–Crippen MR) is 108 cm³/mol. The molecule has 0 bridgehead atoms. The van der Waals surface area contributed by atoms with E-state index in [0.29, 0.717) is 36.7 Å². The first-order valence-corrected chi connectivity index (χ1v) is 10.2. The van der Waals surface area contributed by atoms with Crippen molar-refractivity contribution in [3.8, 4) is 0 Å². The van der Waals surface area contributed by atoms with Crippen molar-refractivity contribution >= 4 is 28.3 Å². The van der Waals surface area contributed by atoms with Crippen LogP contribution in [0.5, 0.6) is 0 Å². The fourth-order valence-corrected chi connectivity index (χ4v) is 4.48. The zero-order valence-corrected chi connectivity index (χ0v) is 17.9. The highest BCUT2D eigenvalue weighted by atomic mass is 35.5. The van der Waals surface area contributed by atoms with Gasteiger partial charge in [0.15, 0.2) is 0 Å². The molecule has 6 nitrogen and oxygen atoms in total. The first-order valence-electron chi connectivity index (χ1n) is 8.79. The number of nitrogens with two attached hydrogens (primary N) is 1. The highest BCUT2D eigenvalue weighted by molar-refractivity contribution is 7.89. The lowest BCUT2D eigenvalue weighted by atomic mass is 10.0. The van der Waals surface area contributed by atoms with Gasteiger partial charge >= 0.3 is 0 Å². The molecule has 1 rings (SSSR count). The van der Waals surface area contributed by atoms with E-state index in [-0.39, 0.29) is 29.3 Å². The van der Waals surface area contributed by atoms with Crippen LogP contribution in [0.25, 0.3) is 0 Å². The molecule has 0 aromatic heterocycles. The number of benzene rings is 1. The van der Waals surface area contributed by atoms with E-state index in [4.69, 9.17) is 5.73 Å². The van der Waals surface area contributed by atoms with Crippen LogP contribution in [0.15, 0.2) is 23.1 Å². The summed E-state index contributed by atoms with van der Waals surface area (Å²) in [5.41, 5.74) is 6.69. The van der Waals surface area contributed by atoms with Crippen molar-refractivity contribution in [2.45, 2.75) is 52.0 Å². The quantitative estimate of drug-likeness (QED) is 0.660. The molecule has 0 aliphatic carbocycles. The molecule has 150 valence electrons. The highest BCUT2D eigenvalue weighted by Crippen LogP contribution is 2.21. The number of rotatable bonds is 9. The third kappa shape index (κ3) is 6.23. The summed E-state index contributed by atoms with van der Waals surface area (Å²) in [5.74, 6) is 0.109. The number of carbonyl (C=O) groups is 1. The number of halogens is 1. The molecular weight excluding hydrogens is 374 g/mol. The molecule has 0 radical (unpaired) electrons. The van der Waals surface area contributed by atoms with Crippen molar-refractivity contribution in [3.05, 3.63) is 29.3 Å². The first kappa shape index (κ1) is 24.8. The Bertz CT molecular complexity index is 689. The van der Waals surface area contributed by atoms with Gasteiger partial charge in [-0.1, -0.05) is 33.8 Å².